The molecule has 11 heteroatoms. The molecule has 7 nitrogen and oxygen atoms in total. The molecule has 0 bridgehead atoms. The normalized spacial score (nSPS) is 17.2. The van der Waals surface area contributed by atoms with Crippen molar-refractivity contribution in [2.75, 3.05) is 25.0 Å². The number of thiazole rings is 2. The van der Waals surface area contributed by atoms with Crippen LogP contribution in [0.25, 0.3) is 11.3 Å². The van der Waals surface area contributed by atoms with E-state index in [-0.39, 0.29) is 0 Å². The number of primary sulfonamides is 1. The molecular formula is C22H28FN5O2S3. The number of likely N-dealkylation sites (N-methyl/N-ethyl adjacent to an activating group) is 1. The van der Waals surface area contributed by atoms with Gasteiger partial charge in [-0.1, -0.05) is 19.9 Å². The van der Waals surface area contributed by atoms with E-state index < -0.39 is 20.7 Å². The number of halogens is 1. The van der Waals surface area contributed by atoms with Crippen LogP contribution < -0.4 is 10.0 Å². The number of hydrogen-bond acceptors (Lipinski definition) is 8. The van der Waals surface area contributed by atoms with Crippen molar-refractivity contribution >= 4 is 37.8 Å². The summed E-state index contributed by atoms with van der Waals surface area (Å²) in [6, 6.07) is 4.25. The van der Waals surface area contributed by atoms with Crippen LogP contribution in [0, 0.1) is 12.7 Å². The summed E-state index contributed by atoms with van der Waals surface area (Å²) >= 11 is 3.28. The van der Waals surface area contributed by atoms with Gasteiger partial charge in [0.05, 0.1) is 17.9 Å². The van der Waals surface area contributed by atoms with Gasteiger partial charge in [0, 0.05) is 42.0 Å². The van der Waals surface area contributed by atoms with Gasteiger partial charge in [0.1, 0.15) is 15.7 Å². The SMILES string of the molecule is Cc1sc(N(C)C2CCN(Cc3nc(C(C)C)cs3)C2)nc1-c1ccc(S(N)(=O)=O)c(F)c1. The molecule has 1 aliphatic heterocycles. The number of sulfonamides is 1. The highest BCUT2D eigenvalue weighted by Gasteiger charge is 2.28. The van der Waals surface area contributed by atoms with E-state index in [1.54, 1.807) is 28.7 Å². The molecule has 1 aromatic carbocycles. The van der Waals surface area contributed by atoms with Gasteiger partial charge in [0.2, 0.25) is 10.0 Å². The lowest BCUT2D eigenvalue weighted by Crippen LogP contribution is -2.34. The van der Waals surface area contributed by atoms with Gasteiger partial charge >= 0.3 is 0 Å². The number of aromatic nitrogens is 2. The Morgan fingerprint density at radius 1 is 1.33 bits per heavy atom. The molecule has 1 unspecified atom stereocenters. The van der Waals surface area contributed by atoms with E-state index in [1.165, 1.54) is 12.1 Å². The zero-order valence-electron chi connectivity index (χ0n) is 19.1. The summed E-state index contributed by atoms with van der Waals surface area (Å²) < 4.78 is 37.3. The van der Waals surface area contributed by atoms with Gasteiger partial charge < -0.3 is 4.90 Å². The number of rotatable bonds is 7. The third-order valence-electron chi connectivity index (χ3n) is 5.91. The second-order valence-electron chi connectivity index (χ2n) is 8.70. The first kappa shape index (κ1) is 24.2. The Bertz CT molecular complexity index is 1250. The van der Waals surface area contributed by atoms with Crippen molar-refractivity contribution in [3.05, 3.63) is 45.0 Å². The number of likely N-dealkylation sites (tertiary alicyclic amines) is 1. The van der Waals surface area contributed by atoms with Gasteiger partial charge in [0.15, 0.2) is 5.13 Å². The fraction of sp³-hybridized carbons (Fsp3) is 0.455. The summed E-state index contributed by atoms with van der Waals surface area (Å²) in [5.74, 6) is -0.425. The van der Waals surface area contributed by atoms with Crippen molar-refractivity contribution in [3.8, 4) is 11.3 Å². The Labute approximate surface area is 202 Å². The lowest BCUT2D eigenvalue weighted by molar-refractivity contribution is 0.325. The van der Waals surface area contributed by atoms with Crippen molar-refractivity contribution in [1.29, 1.82) is 0 Å². The average molecular weight is 510 g/mol. The quantitative estimate of drug-likeness (QED) is 0.513. The molecule has 178 valence electrons. The van der Waals surface area contributed by atoms with E-state index in [0.29, 0.717) is 23.2 Å². The molecule has 0 radical (unpaired) electrons. The summed E-state index contributed by atoms with van der Waals surface area (Å²) in [5, 5.41) is 9.23. The fourth-order valence-electron chi connectivity index (χ4n) is 3.96. The van der Waals surface area contributed by atoms with Crippen LogP contribution >= 0.6 is 22.7 Å². The monoisotopic (exact) mass is 509 g/mol. The van der Waals surface area contributed by atoms with Gasteiger partial charge in [-0.3, -0.25) is 4.90 Å². The van der Waals surface area contributed by atoms with Crippen LogP contribution in [-0.2, 0) is 16.6 Å². The van der Waals surface area contributed by atoms with Gasteiger partial charge in [-0.2, -0.15) is 0 Å². The average Bonchev–Trinajstić information content (AvgIpc) is 3.47. The minimum atomic E-state index is -4.10. The van der Waals surface area contributed by atoms with Crippen LogP contribution in [0.15, 0.2) is 28.5 Å². The highest BCUT2D eigenvalue weighted by molar-refractivity contribution is 7.89. The van der Waals surface area contributed by atoms with Crippen molar-refractivity contribution in [2.45, 2.75) is 50.6 Å². The summed E-state index contributed by atoms with van der Waals surface area (Å²) in [5.41, 5.74) is 2.34. The summed E-state index contributed by atoms with van der Waals surface area (Å²) in [6.07, 6.45) is 1.03. The predicted octanol–water partition coefficient (Wildman–Crippen LogP) is 4.20. The first-order valence-corrected chi connectivity index (χ1v) is 14.0. The maximum absolute atomic E-state index is 14.3. The van der Waals surface area contributed by atoms with E-state index in [4.69, 9.17) is 15.1 Å². The highest BCUT2D eigenvalue weighted by Crippen LogP contribution is 2.35. The number of nitrogens with two attached hydrogens (primary N) is 1. The molecule has 0 saturated carbocycles. The van der Waals surface area contributed by atoms with Crippen molar-refractivity contribution in [3.63, 3.8) is 0 Å². The summed E-state index contributed by atoms with van der Waals surface area (Å²) in [6.45, 7) is 9.05. The maximum Gasteiger partial charge on any atom is 0.240 e. The van der Waals surface area contributed by atoms with Crippen LogP contribution in [0.4, 0.5) is 9.52 Å². The maximum atomic E-state index is 14.3. The topological polar surface area (TPSA) is 92.4 Å². The standard InChI is InChI=1S/C22H28FN5O2S3/c1-13(2)18-12-31-20(25-18)11-28-8-7-16(10-28)27(4)22-26-21(14(3)32-22)15-5-6-19(17(23)9-15)33(24,29)30/h5-6,9,12-13,16H,7-8,10-11H2,1-4H3,(H2,24,29,30). The second kappa shape index (κ2) is 9.38. The van der Waals surface area contributed by atoms with Crippen LogP contribution in [0.5, 0.6) is 0 Å². The number of benzene rings is 1. The molecule has 33 heavy (non-hydrogen) atoms. The molecule has 2 N–H and O–H groups in total. The third kappa shape index (κ3) is 5.27. The molecule has 0 aliphatic carbocycles. The number of nitrogens with zero attached hydrogens (tertiary/aromatic N) is 4. The molecule has 1 saturated heterocycles. The van der Waals surface area contributed by atoms with E-state index in [9.17, 15) is 12.8 Å². The smallest absolute Gasteiger partial charge is 0.240 e. The van der Waals surface area contributed by atoms with Crippen molar-refractivity contribution < 1.29 is 12.8 Å². The van der Waals surface area contributed by atoms with E-state index in [0.717, 1.165) is 46.8 Å². The molecule has 3 heterocycles. The summed E-state index contributed by atoms with van der Waals surface area (Å²) in [7, 11) is -2.06. The number of aryl methyl sites for hydroxylation is 1. The molecule has 3 aromatic rings. The Morgan fingerprint density at radius 3 is 2.73 bits per heavy atom. The number of anilines is 1. The van der Waals surface area contributed by atoms with Crippen LogP contribution in [0.3, 0.4) is 0 Å². The zero-order chi connectivity index (χ0) is 23.9. The van der Waals surface area contributed by atoms with Gasteiger partial charge in [-0.15, -0.1) is 22.7 Å². The Morgan fingerprint density at radius 2 is 2.09 bits per heavy atom. The number of hydrogen-bond donors (Lipinski definition) is 1. The minimum Gasteiger partial charge on any atom is -0.347 e. The first-order valence-electron chi connectivity index (χ1n) is 10.7. The predicted molar refractivity (Wildman–Crippen MR) is 132 cm³/mol. The van der Waals surface area contributed by atoms with Gasteiger partial charge in [0.25, 0.3) is 0 Å². The molecule has 1 aliphatic rings. The molecule has 0 amide bonds. The van der Waals surface area contributed by atoms with Crippen molar-refractivity contribution in [2.24, 2.45) is 5.14 Å². The Balaban J connectivity index is 1.46. The Hall–Kier alpha value is -1.92. The first-order chi connectivity index (χ1) is 15.5. The fourth-order valence-corrected chi connectivity index (χ4v) is 6.51. The van der Waals surface area contributed by atoms with E-state index in [2.05, 4.69) is 29.0 Å². The summed E-state index contributed by atoms with van der Waals surface area (Å²) in [4.78, 5) is 14.6. The second-order valence-corrected chi connectivity index (χ2v) is 12.4. The Kier molecular flexibility index (Phi) is 6.88. The van der Waals surface area contributed by atoms with Gasteiger partial charge in [-0.05, 0) is 31.4 Å². The van der Waals surface area contributed by atoms with E-state index >= 15 is 0 Å². The molecular weight excluding hydrogens is 481 g/mol. The third-order valence-corrected chi connectivity index (χ3v) is 8.77. The van der Waals surface area contributed by atoms with Crippen molar-refractivity contribution in [1.82, 2.24) is 14.9 Å². The minimum absolute atomic E-state index is 0.328. The van der Waals surface area contributed by atoms with Gasteiger partial charge in [-0.25, -0.2) is 27.9 Å². The molecule has 1 fully saturated rings. The van der Waals surface area contributed by atoms with E-state index in [1.807, 2.05) is 14.0 Å². The van der Waals surface area contributed by atoms with Crippen LogP contribution in [0.2, 0.25) is 0 Å². The zero-order valence-corrected chi connectivity index (χ0v) is 21.5. The lowest BCUT2D eigenvalue weighted by Gasteiger charge is -2.24. The molecule has 0 spiro atoms. The molecule has 1 atom stereocenters. The highest BCUT2D eigenvalue weighted by atomic mass is 32.2. The van der Waals surface area contributed by atoms with Crippen LogP contribution in [-0.4, -0.2) is 49.5 Å². The largest absolute Gasteiger partial charge is 0.347 e. The lowest BCUT2D eigenvalue weighted by atomic mass is 10.1. The molecule has 4 rings (SSSR count). The van der Waals surface area contributed by atoms with Crippen LogP contribution in [0.1, 0.15) is 41.8 Å². The molecule has 2 aromatic heterocycles.